The van der Waals surface area contributed by atoms with Gasteiger partial charge in [-0.2, -0.15) is 0 Å². The lowest BCUT2D eigenvalue weighted by Gasteiger charge is -2.39. The van der Waals surface area contributed by atoms with Crippen LogP contribution >= 0.6 is 24.0 Å². The van der Waals surface area contributed by atoms with Crippen LogP contribution in [-0.4, -0.2) is 40.0 Å². The smallest absolute Gasteiger partial charge is 0.194 e. The first-order valence-electron chi connectivity index (χ1n) is 9.03. The number of hydrogen-bond acceptors (Lipinski definition) is 2. The maximum Gasteiger partial charge on any atom is 0.194 e. The van der Waals surface area contributed by atoms with E-state index in [0.717, 1.165) is 37.6 Å². The zero-order chi connectivity index (χ0) is 18.5. The Hall–Kier alpha value is -1.71. The van der Waals surface area contributed by atoms with Crippen LogP contribution in [0.1, 0.15) is 31.9 Å². The molecule has 2 unspecified atom stereocenters. The third-order valence-corrected chi connectivity index (χ3v) is 4.87. The molecule has 1 aliphatic heterocycles. The van der Waals surface area contributed by atoms with Gasteiger partial charge in [0.25, 0.3) is 0 Å². The van der Waals surface area contributed by atoms with Crippen LogP contribution < -0.4 is 5.32 Å². The van der Waals surface area contributed by atoms with E-state index >= 15 is 0 Å². The minimum absolute atomic E-state index is 0. The summed E-state index contributed by atoms with van der Waals surface area (Å²) in [6.07, 6.45) is 6.65. The Labute approximate surface area is 175 Å². The van der Waals surface area contributed by atoms with Gasteiger partial charge in [-0.05, 0) is 37.5 Å². The first kappa shape index (κ1) is 21.6. The minimum Gasteiger partial charge on any atom is -0.357 e. The molecule has 1 N–H and O–H groups in total. The molecule has 0 aliphatic carbocycles. The van der Waals surface area contributed by atoms with E-state index < -0.39 is 11.6 Å². The molecule has 3 rings (SSSR count). The van der Waals surface area contributed by atoms with Crippen molar-refractivity contribution in [2.75, 3.05) is 19.6 Å². The van der Waals surface area contributed by atoms with Crippen LogP contribution in [0, 0.1) is 17.6 Å². The van der Waals surface area contributed by atoms with Crippen molar-refractivity contribution < 1.29 is 8.78 Å². The highest BCUT2D eigenvalue weighted by molar-refractivity contribution is 14.0. The van der Waals surface area contributed by atoms with Crippen molar-refractivity contribution in [1.82, 2.24) is 19.8 Å². The van der Waals surface area contributed by atoms with Gasteiger partial charge in [0.15, 0.2) is 5.96 Å². The van der Waals surface area contributed by atoms with Gasteiger partial charge in [0.2, 0.25) is 0 Å². The van der Waals surface area contributed by atoms with Crippen molar-refractivity contribution in [3.8, 4) is 0 Å². The van der Waals surface area contributed by atoms with Crippen molar-refractivity contribution in [1.29, 1.82) is 0 Å². The quantitative estimate of drug-likeness (QED) is 0.404. The maximum atomic E-state index is 13.9. The fourth-order valence-electron chi connectivity index (χ4n) is 3.35. The first-order chi connectivity index (χ1) is 12.6. The molecule has 5 nitrogen and oxygen atoms in total. The molecule has 1 aromatic carbocycles. The number of benzene rings is 1. The average Bonchev–Trinajstić information content (AvgIpc) is 3.16. The summed E-state index contributed by atoms with van der Waals surface area (Å²) in [5.74, 6) is 0.375. The standard InChI is InChI=1S/C19H25F2N5.HI/c1-3-23-19(24-11-15-10-16(20)4-5-17(15)21)25-8-6-14(2)18(12-25)26-9-7-22-13-26;/h4-5,7,9-10,13-14,18H,3,6,8,11-12H2,1-2H3,(H,23,24);1H. The molecule has 0 radical (unpaired) electrons. The van der Waals surface area contributed by atoms with Gasteiger partial charge in [-0.3, -0.25) is 0 Å². The first-order valence-corrected chi connectivity index (χ1v) is 9.03. The van der Waals surface area contributed by atoms with E-state index in [-0.39, 0.29) is 36.1 Å². The third-order valence-electron chi connectivity index (χ3n) is 4.87. The highest BCUT2D eigenvalue weighted by Gasteiger charge is 2.28. The van der Waals surface area contributed by atoms with Gasteiger partial charge in [-0.1, -0.05) is 6.92 Å². The van der Waals surface area contributed by atoms with Crippen LogP contribution in [0.25, 0.3) is 0 Å². The van der Waals surface area contributed by atoms with Crippen molar-refractivity contribution >= 4 is 29.9 Å². The van der Waals surface area contributed by atoms with E-state index in [1.807, 2.05) is 19.4 Å². The summed E-state index contributed by atoms with van der Waals surface area (Å²) < 4.78 is 29.4. The molecule has 1 aromatic heterocycles. The van der Waals surface area contributed by atoms with Gasteiger partial charge < -0.3 is 14.8 Å². The largest absolute Gasteiger partial charge is 0.357 e. The predicted molar refractivity (Wildman–Crippen MR) is 113 cm³/mol. The molecule has 1 fully saturated rings. The topological polar surface area (TPSA) is 45.5 Å². The molecule has 2 heterocycles. The van der Waals surface area contributed by atoms with Gasteiger partial charge in [0.1, 0.15) is 11.6 Å². The van der Waals surface area contributed by atoms with Crippen LogP contribution in [0.4, 0.5) is 8.78 Å². The molecule has 0 bridgehead atoms. The Morgan fingerprint density at radius 2 is 2.19 bits per heavy atom. The van der Waals surface area contributed by atoms with Gasteiger partial charge in [-0.15, -0.1) is 24.0 Å². The predicted octanol–water partition coefficient (Wildman–Crippen LogP) is 3.83. The van der Waals surface area contributed by atoms with Crippen molar-refractivity contribution in [2.24, 2.45) is 10.9 Å². The van der Waals surface area contributed by atoms with Crippen molar-refractivity contribution in [3.05, 3.63) is 54.1 Å². The maximum absolute atomic E-state index is 13.9. The molecule has 1 saturated heterocycles. The van der Waals surface area contributed by atoms with Gasteiger partial charge >= 0.3 is 0 Å². The van der Waals surface area contributed by atoms with E-state index in [0.29, 0.717) is 18.5 Å². The van der Waals surface area contributed by atoms with Gasteiger partial charge in [0.05, 0.1) is 18.9 Å². The Morgan fingerprint density at radius 3 is 2.89 bits per heavy atom. The van der Waals surface area contributed by atoms with Crippen LogP contribution in [0.3, 0.4) is 0 Å². The number of piperidine rings is 1. The molecule has 0 amide bonds. The third kappa shape index (κ3) is 5.40. The Balaban J connectivity index is 0.00000261. The second-order valence-corrected chi connectivity index (χ2v) is 6.70. The fraction of sp³-hybridized carbons (Fsp3) is 0.474. The van der Waals surface area contributed by atoms with E-state index in [1.54, 1.807) is 6.20 Å². The van der Waals surface area contributed by atoms with E-state index in [2.05, 4.69) is 31.7 Å². The molecule has 27 heavy (non-hydrogen) atoms. The van der Waals surface area contributed by atoms with Crippen LogP contribution in [0.2, 0.25) is 0 Å². The number of imidazole rings is 1. The molecule has 2 aromatic rings. The summed E-state index contributed by atoms with van der Waals surface area (Å²) in [6.45, 7) is 6.74. The SMILES string of the molecule is CCNC(=NCc1cc(F)ccc1F)N1CCC(C)C(n2ccnc2)C1.I. The second kappa shape index (κ2) is 10.0. The molecular formula is C19H26F2IN5. The molecule has 0 saturated carbocycles. The number of likely N-dealkylation sites (tertiary alicyclic amines) is 1. The molecular weight excluding hydrogens is 463 g/mol. The summed E-state index contributed by atoms with van der Waals surface area (Å²) in [6, 6.07) is 3.77. The number of nitrogens with zero attached hydrogens (tertiary/aromatic N) is 4. The summed E-state index contributed by atoms with van der Waals surface area (Å²) >= 11 is 0. The normalized spacial score (nSPS) is 20.3. The number of hydrogen-bond donors (Lipinski definition) is 1. The van der Waals surface area contributed by atoms with Crippen LogP contribution in [-0.2, 0) is 6.54 Å². The van der Waals surface area contributed by atoms with Crippen LogP contribution in [0.15, 0.2) is 41.9 Å². The number of guanidine groups is 1. The zero-order valence-corrected chi connectivity index (χ0v) is 17.9. The Bertz CT molecular complexity index is 751. The Morgan fingerprint density at radius 1 is 1.37 bits per heavy atom. The number of aromatic nitrogens is 2. The number of nitrogens with one attached hydrogen (secondary N) is 1. The molecule has 0 spiro atoms. The highest BCUT2D eigenvalue weighted by atomic mass is 127. The van der Waals surface area contributed by atoms with Crippen molar-refractivity contribution in [3.63, 3.8) is 0 Å². The minimum atomic E-state index is -0.450. The number of halogens is 3. The molecule has 1 aliphatic rings. The molecule has 2 atom stereocenters. The molecule has 148 valence electrons. The summed E-state index contributed by atoms with van der Waals surface area (Å²) in [5, 5.41) is 3.27. The highest BCUT2D eigenvalue weighted by Crippen LogP contribution is 2.27. The lowest BCUT2D eigenvalue weighted by Crippen LogP contribution is -2.49. The Kier molecular flexibility index (Phi) is 8.00. The molecule has 8 heteroatoms. The lowest BCUT2D eigenvalue weighted by molar-refractivity contribution is 0.189. The summed E-state index contributed by atoms with van der Waals surface area (Å²) in [5.41, 5.74) is 0.261. The van der Waals surface area contributed by atoms with E-state index in [1.165, 1.54) is 6.07 Å². The monoisotopic (exact) mass is 489 g/mol. The summed E-state index contributed by atoms with van der Waals surface area (Å²) in [4.78, 5) is 10.9. The second-order valence-electron chi connectivity index (χ2n) is 6.70. The average molecular weight is 489 g/mol. The lowest BCUT2D eigenvalue weighted by atomic mass is 9.93. The van der Waals surface area contributed by atoms with E-state index in [4.69, 9.17) is 0 Å². The summed E-state index contributed by atoms with van der Waals surface area (Å²) in [7, 11) is 0. The van der Waals surface area contributed by atoms with E-state index in [9.17, 15) is 8.78 Å². The number of rotatable bonds is 4. The fourth-order valence-corrected chi connectivity index (χ4v) is 3.35. The number of aliphatic imine (C=N–C) groups is 1. The van der Waals surface area contributed by atoms with Gasteiger partial charge in [0, 0.05) is 37.6 Å². The van der Waals surface area contributed by atoms with Crippen molar-refractivity contribution in [2.45, 2.75) is 32.9 Å². The van der Waals surface area contributed by atoms with Gasteiger partial charge in [-0.25, -0.2) is 18.8 Å². The zero-order valence-electron chi connectivity index (χ0n) is 15.6. The van der Waals surface area contributed by atoms with Crippen LogP contribution in [0.5, 0.6) is 0 Å².